The molecule has 0 aromatic heterocycles. The molecule has 0 spiro atoms. The monoisotopic (exact) mass is 277 g/mol. The van der Waals surface area contributed by atoms with Gasteiger partial charge in [-0.05, 0) is 24.7 Å². The van der Waals surface area contributed by atoms with Gasteiger partial charge in [0.25, 0.3) is 0 Å². The number of aliphatic hydroxyl groups is 1. The molecule has 1 aromatic rings. The molecule has 0 radical (unpaired) electrons. The molecule has 1 atom stereocenters. The van der Waals surface area contributed by atoms with Crippen molar-refractivity contribution in [2.45, 2.75) is 12.3 Å². The quantitative estimate of drug-likeness (QED) is 0.866. The van der Waals surface area contributed by atoms with Gasteiger partial charge in [-0.25, -0.2) is 0 Å². The maximum atomic E-state index is 12.6. The molecule has 0 amide bonds. The maximum Gasteiger partial charge on any atom is 0.416 e. The summed E-state index contributed by atoms with van der Waals surface area (Å²) in [6.07, 6.45) is -5.35. The summed E-state index contributed by atoms with van der Waals surface area (Å²) in [7, 11) is 3.34. The number of hydrogen-bond acceptors (Lipinski definition) is 3. The van der Waals surface area contributed by atoms with Gasteiger partial charge in [-0.15, -0.1) is 0 Å². The lowest BCUT2D eigenvalue weighted by atomic mass is 10.1. The molecule has 0 bridgehead atoms. The van der Waals surface area contributed by atoms with E-state index in [9.17, 15) is 18.3 Å². The van der Waals surface area contributed by atoms with Gasteiger partial charge in [-0.3, -0.25) is 0 Å². The van der Waals surface area contributed by atoms with Crippen LogP contribution in [0.2, 0.25) is 0 Å². The van der Waals surface area contributed by atoms with Crippen LogP contribution in [0.3, 0.4) is 0 Å². The third-order valence-corrected chi connectivity index (χ3v) is 2.76. The Hall–Kier alpha value is -1.11. The van der Waals surface area contributed by atoms with E-state index >= 15 is 0 Å². The summed E-state index contributed by atoms with van der Waals surface area (Å²) in [6.45, 7) is 1.36. The zero-order valence-electron chi connectivity index (χ0n) is 10.9. The average Bonchev–Trinajstić information content (AvgIpc) is 2.35. The van der Waals surface area contributed by atoms with Crippen molar-refractivity contribution < 1.29 is 23.0 Å². The number of ether oxygens (including phenoxy) is 1. The summed E-state index contributed by atoms with van der Waals surface area (Å²) in [5.74, 6) is 0. The smallest absolute Gasteiger partial charge is 0.387 e. The van der Waals surface area contributed by atoms with Gasteiger partial charge in [0.05, 0.1) is 18.3 Å². The van der Waals surface area contributed by atoms with Gasteiger partial charge in [0, 0.05) is 20.2 Å². The summed E-state index contributed by atoms with van der Waals surface area (Å²) in [5.41, 5.74) is -0.484. The Morgan fingerprint density at radius 2 is 2.05 bits per heavy atom. The SMILES string of the molecule is COCCN(C)CC(O)c1cccc(C(F)(F)F)c1. The van der Waals surface area contributed by atoms with Crippen molar-refractivity contribution in [3.63, 3.8) is 0 Å². The first-order valence-corrected chi connectivity index (χ1v) is 5.87. The van der Waals surface area contributed by atoms with Crippen LogP contribution in [0, 0.1) is 0 Å². The molecule has 0 saturated carbocycles. The van der Waals surface area contributed by atoms with Crippen LogP contribution in [0.15, 0.2) is 24.3 Å². The highest BCUT2D eigenvalue weighted by Crippen LogP contribution is 2.30. The predicted octanol–water partition coefficient (Wildman–Crippen LogP) is 2.32. The first-order chi connectivity index (χ1) is 8.84. The molecule has 0 fully saturated rings. The number of aliphatic hydroxyl groups excluding tert-OH is 1. The molecule has 0 aliphatic carbocycles. The van der Waals surface area contributed by atoms with Crippen LogP contribution in [0.5, 0.6) is 0 Å². The van der Waals surface area contributed by atoms with Crippen molar-refractivity contribution in [3.05, 3.63) is 35.4 Å². The zero-order valence-corrected chi connectivity index (χ0v) is 10.9. The van der Waals surface area contributed by atoms with Crippen LogP contribution in [-0.2, 0) is 10.9 Å². The highest BCUT2D eigenvalue weighted by molar-refractivity contribution is 5.27. The van der Waals surface area contributed by atoms with Crippen molar-refractivity contribution in [1.29, 1.82) is 0 Å². The van der Waals surface area contributed by atoms with Crippen molar-refractivity contribution >= 4 is 0 Å². The van der Waals surface area contributed by atoms with Crippen molar-refractivity contribution in [2.75, 3.05) is 33.9 Å². The van der Waals surface area contributed by atoms with Crippen molar-refractivity contribution in [2.24, 2.45) is 0 Å². The number of hydrogen-bond donors (Lipinski definition) is 1. The molecule has 0 heterocycles. The van der Waals surface area contributed by atoms with E-state index in [1.165, 1.54) is 12.1 Å². The topological polar surface area (TPSA) is 32.7 Å². The van der Waals surface area contributed by atoms with Gasteiger partial charge in [0.1, 0.15) is 0 Å². The summed E-state index contributed by atoms with van der Waals surface area (Å²) in [6, 6.07) is 4.76. The summed E-state index contributed by atoms with van der Waals surface area (Å²) in [5, 5.41) is 9.93. The highest BCUT2D eigenvalue weighted by Gasteiger charge is 2.30. The third-order valence-electron chi connectivity index (χ3n) is 2.76. The Morgan fingerprint density at radius 3 is 2.63 bits per heavy atom. The lowest BCUT2D eigenvalue weighted by Crippen LogP contribution is -2.28. The van der Waals surface area contributed by atoms with E-state index in [1.807, 2.05) is 0 Å². The van der Waals surface area contributed by atoms with Crippen LogP contribution >= 0.6 is 0 Å². The van der Waals surface area contributed by atoms with E-state index in [1.54, 1.807) is 19.1 Å². The Morgan fingerprint density at radius 1 is 1.37 bits per heavy atom. The summed E-state index contributed by atoms with van der Waals surface area (Å²) >= 11 is 0. The van der Waals surface area contributed by atoms with E-state index in [0.29, 0.717) is 13.2 Å². The van der Waals surface area contributed by atoms with Crippen LogP contribution in [0.25, 0.3) is 0 Å². The minimum absolute atomic E-state index is 0.255. The molecule has 1 rings (SSSR count). The third kappa shape index (κ3) is 5.18. The molecule has 108 valence electrons. The number of rotatable bonds is 6. The molecule has 0 saturated heterocycles. The van der Waals surface area contributed by atoms with Gasteiger partial charge in [-0.2, -0.15) is 13.2 Å². The first-order valence-electron chi connectivity index (χ1n) is 5.87. The van der Waals surface area contributed by atoms with Gasteiger partial charge in [-0.1, -0.05) is 12.1 Å². The fourth-order valence-electron chi connectivity index (χ4n) is 1.66. The van der Waals surface area contributed by atoms with Crippen LogP contribution < -0.4 is 0 Å². The van der Waals surface area contributed by atoms with Crippen molar-refractivity contribution in [3.8, 4) is 0 Å². The first kappa shape index (κ1) is 15.9. The second-order valence-electron chi connectivity index (χ2n) is 4.39. The molecule has 6 heteroatoms. The highest BCUT2D eigenvalue weighted by atomic mass is 19.4. The lowest BCUT2D eigenvalue weighted by Gasteiger charge is -2.21. The van der Waals surface area contributed by atoms with Crippen LogP contribution in [-0.4, -0.2) is 43.9 Å². The van der Waals surface area contributed by atoms with Gasteiger partial charge in [0.2, 0.25) is 0 Å². The summed E-state index contributed by atoms with van der Waals surface area (Å²) < 4.78 is 42.5. The van der Waals surface area contributed by atoms with E-state index in [2.05, 4.69) is 0 Å². The lowest BCUT2D eigenvalue weighted by molar-refractivity contribution is -0.137. The van der Waals surface area contributed by atoms with Crippen LogP contribution in [0.1, 0.15) is 17.2 Å². The van der Waals surface area contributed by atoms with Gasteiger partial charge >= 0.3 is 6.18 Å². The Bertz CT molecular complexity index is 396. The molecule has 3 nitrogen and oxygen atoms in total. The average molecular weight is 277 g/mol. The van der Waals surface area contributed by atoms with E-state index < -0.39 is 17.8 Å². The molecule has 19 heavy (non-hydrogen) atoms. The molecule has 0 aliphatic rings. The molecule has 1 N–H and O–H groups in total. The molecule has 0 aliphatic heterocycles. The second-order valence-corrected chi connectivity index (χ2v) is 4.39. The fraction of sp³-hybridized carbons (Fsp3) is 0.538. The molecular weight excluding hydrogens is 259 g/mol. The molecule has 1 aromatic carbocycles. The Balaban J connectivity index is 2.69. The summed E-state index contributed by atoms with van der Waals surface area (Å²) in [4.78, 5) is 1.80. The number of alkyl halides is 3. The van der Waals surface area contributed by atoms with Crippen molar-refractivity contribution in [1.82, 2.24) is 4.90 Å². The number of halogens is 3. The second kappa shape index (κ2) is 6.88. The normalized spacial score (nSPS) is 13.8. The number of nitrogens with zero attached hydrogens (tertiary/aromatic N) is 1. The standard InChI is InChI=1S/C13H18F3NO2/c1-17(6-7-19-2)9-12(18)10-4-3-5-11(8-10)13(14,15)16/h3-5,8,12,18H,6-7,9H2,1-2H3. The Kier molecular flexibility index (Phi) is 5.78. The predicted molar refractivity (Wildman–Crippen MR) is 65.8 cm³/mol. The fourth-order valence-corrected chi connectivity index (χ4v) is 1.66. The molecular formula is C13H18F3NO2. The molecule has 1 unspecified atom stereocenters. The maximum absolute atomic E-state index is 12.6. The zero-order chi connectivity index (χ0) is 14.5. The minimum Gasteiger partial charge on any atom is -0.387 e. The number of benzene rings is 1. The number of methoxy groups -OCH3 is 1. The van der Waals surface area contributed by atoms with Gasteiger partial charge in [0.15, 0.2) is 0 Å². The Labute approximate surface area is 110 Å². The number of likely N-dealkylation sites (N-methyl/N-ethyl adjacent to an activating group) is 1. The van der Waals surface area contributed by atoms with Crippen LogP contribution in [0.4, 0.5) is 13.2 Å². The largest absolute Gasteiger partial charge is 0.416 e. The van der Waals surface area contributed by atoms with E-state index in [-0.39, 0.29) is 12.1 Å². The van der Waals surface area contributed by atoms with Gasteiger partial charge < -0.3 is 14.7 Å². The van der Waals surface area contributed by atoms with E-state index in [0.717, 1.165) is 12.1 Å². The van der Waals surface area contributed by atoms with E-state index in [4.69, 9.17) is 4.74 Å². The minimum atomic E-state index is -4.39.